The first-order valence-corrected chi connectivity index (χ1v) is 10.5. The van der Waals surface area contributed by atoms with Gasteiger partial charge in [-0.3, -0.25) is 9.78 Å². The lowest BCUT2D eigenvalue weighted by molar-refractivity contribution is -0.126. The molecule has 0 bridgehead atoms. The fraction of sp³-hybridized carbons (Fsp3) is 0.263. The minimum atomic E-state index is -3.76. The van der Waals surface area contributed by atoms with E-state index in [4.69, 9.17) is 5.14 Å². The van der Waals surface area contributed by atoms with Crippen LogP contribution in [0.2, 0.25) is 0 Å². The Bertz CT molecular complexity index is 1080. The molecule has 152 valence electrons. The zero-order valence-electron chi connectivity index (χ0n) is 16.1. The number of rotatable bonds is 7. The van der Waals surface area contributed by atoms with Gasteiger partial charge in [-0.05, 0) is 30.2 Å². The summed E-state index contributed by atoms with van der Waals surface area (Å²) in [6.45, 7) is 4.17. The molecule has 0 fully saturated rings. The highest BCUT2D eigenvalue weighted by Gasteiger charge is 2.25. The van der Waals surface area contributed by atoms with Crippen LogP contribution in [0.3, 0.4) is 0 Å². The number of hydrogen-bond donors (Lipinski definition) is 2. The minimum absolute atomic E-state index is 0.0163. The Labute approximate surface area is 169 Å². The Kier molecular flexibility index (Phi) is 6.04. The number of primary sulfonamides is 1. The van der Waals surface area contributed by atoms with Crippen molar-refractivity contribution in [2.75, 3.05) is 0 Å². The number of sulfonamides is 1. The van der Waals surface area contributed by atoms with Crippen LogP contribution in [0.4, 0.5) is 0 Å². The normalized spacial score (nSPS) is 12.7. The highest BCUT2D eigenvalue weighted by Crippen LogP contribution is 2.22. The first-order valence-electron chi connectivity index (χ1n) is 8.98. The Morgan fingerprint density at radius 2 is 1.90 bits per heavy atom. The molecule has 10 heteroatoms. The molecule has 0 unspecified atom stereocenters. The molecule has 29 heavy (non-hydrogen) atoms. The largest absolute Gasteiger partial charge is 0.349 e. The number of nitrogens with zero attached hydrogens (tertiary/aromatic N) is 4. The van der Waals surface area contributed by atoms with E-state index in [0.29, 0.717) is 17.8 Å². The van der Waals surface area contributed by atoms with Gasteiger partial charge in [0.1, 0.15) is 11.7 Å². The molecule has 9 nitrogen and oxygen atoms in total. The molecule has 1 amide bonds. The minimum Gasteiger partial charge on any atom is -0.349 e. The van der Waals surface area contributed by atoms with E-state index in [1.54, 1.807) is 24.5 Å². The van der Waals surface area contributed by atoms with Crippen LogP contribution in [-0.2, 0) is 21.4 Å². The molecule has 1 aromatic carbocycles. The number of carbonyl (C=O) groups excluding carboxylic acids is 1. The number of nitrogens with one attached hydrogen (secondary N) is 1. The molecular weight excluding hydrogens is 392 g/mol. The van der Waals surface area contributed by atoms with E-state index in [0.717, 1.165) is 5.69 Å². The second kappa shape index (κ2) is 8.50. The van der Waals surface area contributed by atoms with E-state index < -0.39 is 16.1 Å². The summed E-state index contributed by atoms with van der Waals surface area (Å²) < 4.78 is 24.3. The predicted octanol–water partition coefficient (Wildman–Crippen LogP) is 1.50. The maximum atomic E-state index is 12.8. The van der Waals surface area contributed by atoms with Crippen LogP contribution >= 0.6 is 0 Å². The first-order chi connectivity index (χ1) is 13.8. The third-order valence-electron chi connectivity index (χ3n) is 4.34. The summed E-state index contributed by atoms with van der Waals surface area (Å²) in [5.74, 6) is -0.218. The number of hydrogen-bond acceptors (Lipinski definition) is 6. The third kappa shape index (κ3) is 5.04. The summed E-state index contributed by atoms with van der Waals surface area (Å²) in [6.07, 6.45) is 3.34. The van der Waals surface area contributed by atoms with Crippen molar-refractivity contribution in [1.29, 1.82) is 0 Å². The quantitative estimate of drug-likeness (QED) is 0.602. The van der Waals surface area contributed by atoms with E-state index in [9.17, 15) is 13.2 Å². The average molecular weight is 414 g/mol. The lowest BCUT2D eigenvalue weighted by Crippen LogP contribution is -2.35. The van der Waals surface area contributed by atoms with Crippen LogP contribution in [0.5, 0.6) is 0 Å². The second-order valence-electron chi connectivity index (χ2n) is 6.88. The van der Waals surface area contributed by atoms with Crippen LogP contribution < -0.4 is 10.5 Å². The lowest BCUT2D eigenvalue weighted by Gasteiger charge is -2.20. The summed E-state index contributed by atoms with van der Waals surface area (Å²) in [5.41, 5.74) is 1.95. The van der Waals surface area contributed by atoms with Gasteiger partial charge in [0.05, 0.1) is 23.3 Å². The smallest absolute Gasteiger partial charge is 0.245 e. The number of benzene rings is 1. The van der Waals surface area contributed by atoms with E-state index >= 15 is 0 Å². The van der Waals surface area contributed by atoms with Gasteiger partial charge in [0.2, 0.25) is 15.9 Å². The van der Waals surface area contributed by atoms with Gasteiger partial charge < -0.3 is 5.32 Å². The molecule has 0 spiro atoms. The van der Waals surface area contributed by atoms with Crippen molar-refractivity contribution in [2.24, 2.45) is 11.1 Å². The van der Waals surface area contributed by atoms with E-state index in [1.807, 2.05) is 32.0 Å². The van der Waals surface area contributed by atoms with Crippen LogP contribution in [-0.4, -0.2) is 34.3 Å². The van der Waals surface area contributed by atoms with Crippen molar-refractivity contribution in [2.45, 2.75) is 31.3 Å². The van der Waals surface area contributed by atoms with Crippen molar-refractivity contribution >= 4 is 15.9 Å². The zero-order chi connectivity index (χ0) is 21.0. The topological polar surface area (TPSA) is 133 Å². The van der Waals surface area contributed by atoms with Gasteiger partial charge in [0, 0.05) is 11.8 Å². The van der Waals surface area contributed by atoms with Gasteiger partial charge in [-0.15, -0.1) is 5.10 Å². The van der Waals surface area contributed by atoms with Gasteiger partial charge in [0.25, 0.3) is 0 Å². The van der Waals surface area contributed by atoms with Crippen LogP contribution in [0.15, 0.2) is 59.8 Å². The standard InChI is InChI=1S/C19H22N6O3S/c1-13(2)18(19(26)22-11-15-5-3-4-10-21-15)25-12-17(23-24-25)14-6-8-16(9-7-14)29(20,27)28/h3-10,12-13,18H,11H2,1-2H3,(H,22,26)(H2,20,27,28)/t18-/m0/s1. The third-order valence-corrected chi connectivity index (χ3v) is 5.27. The van der Waals surface area contributed by atoms with Crippen LogP contribution in [0.1, 0.15) is 25.6 Å². The van der Waals surface area contributed by atoms with Gasteiger partial charge in [0.15, 0.2) is 0 Å². The molecule has 0 aliphatic rings. The van der Waals surface area contributed by atoms with E-state index in [1.165, 1.54) is 16.8 Å². The van der Waals surface area contributed by atoms with Crippen molar-refractivity contribution in [1.82, 2.24) is 25.3 Å². The number of carbonyl (C=O) groups is 1. The molecule has 0 saturated carbocycles. The fourth-order valence-corrected chi connectivity index (χ4v) is 3.39. The highest BCUT2D eigenvalue weighted by atomic mass is 32.2. The number of pyridine rings is 1. The molecule has 0 radical (unpaired) electrons. The fourth-order valence-electron chi connectivity index (χ4n) is 2.87. The second-order valence-corrected chi connectivity index (χ2v) is 8.44. The molecule has 3 rings (SSSR count). The molecule has 0 saturated heterocycles. The summed E-state index contributed by atoms with van der Waals surface area (Å²) in [7, 11) is -3.76. The number of nitrogens with two attached hydrogens (primary N) is 1. The number of amides is 1. The SMILES string of the molecule is CC(C)[C@@H](C(=O)NCc1ccccn1)n1cc(-c2ccc(S(N)(=O)=O)cc2)nn1. The van der Waals surface area contributed by atoms with E-state index in [2.05, 4.69) is 20.6 Å². The summed E-state index contributed by atoms with van der Waals surface area (Å²) in [6, 6.07) is 11.0. The molecule has 3 aromatic rings. The maximum Gasteiger partial charge on any atom is 0.245 e. The summed E-state index contributed by atoms with van der Waals surface area (Å²) >= 11 is 0. The highest BCUT2D eigenvalue weighted by molar-refractivity contribution is 7.89. The van der Waals surface area contributed by atoms with Crippen LogP contribution in [0, 0.1) is 5.92 Å². The Hall–Kier alpha value is -3.11. The van der Waals surface area contributed by atoms with Crippen molar-refractivity contribution in [3.8, 4) is 11.3 Å². The lowest BCUT2D eigenvalue weighted by atomic mass is 10.0. The molecule has 2 heterocycles. The molecule has 1 atom stereocenters. The predicted molar refractivity (Wildman–Crippen MR) is 107 cm³/mol. The number of aromatic nitrogens is 4. The van der Waals surface area contributed by atoms with Crippen molar-refractivity contribution < 1.29 is 13.2 Å². The monoisotopic (exact) mass is 414 g/mol. The van der Waals surface area contributed by atoms with Gasteiger partial charge in [-0.1, -0.05) is 37.3 Å². The molecule has 2 aromatic heterocycles. The first kappa shape index (κ1) is 20.6. The summed E-state index contributed by atoms with van der Waals surface area (Å²) in [5, 5.41) is 16.2. The van der Waals surface area contributed by atoms with E-state index in [-0.39, 0.29) is 16.7 Å². The zero-order valence-corrected chi connectivity index (χ0v) is 16.9. The molecule has 0 aliphatic heterocycles. The van der Waals surface area contributed by atoms with Gasteiger partial charge >= 0.3 is 0 Å². The average Bonchev–Trinajstić information content (AvgIpc) is 3.16. The molecule has 3 N–H and O–H groups in total. The van der Waals surface area contributed by atoms with Crippen LogP contribution in [0.25, 0.3) is 11.3 Å². The summed E-state index contributed by atoms with van der Waals surface area (Å²) in [4.78, 5) is 17.0. The van der Waals surface area contributed by atoms with Gasteiger partial charge in [-0.2, -0.15) is 0 Å². The Morgan fingerprint density at radius 1 is 1.17 bits per heavy atom. The molecular formula is C19H22N6O3S. The Morgan fingerprint density at radius 3 is 2.48 bits per heavy atom. The maximum absolute atomic E-state index is 12.8. The van der Waals surface area contributed by atoms with Crippen molar-refractivity contribution in [3.63, 3.8) is 0 Å². The molecule has 0 aliphatic carbocycles. The van der Waals surface area contributed by atoms with Crippen molar-refractivity contribution in [3.05, 3.63) is 60.6 Å². The Balaban J connectivity index is 1.77. The van der Waals surface area contributed by atoms with Gasteiger partial charge in [-0.25, -0.2) is 18.2 Å².